The zero-order chi connectivity index (χ0) is 14.8. The third-order valence-corrected chi connectivity index (χ3v) is 2.90. The summed E-state index contributed by atoms with van der Waals surface area (Å²) in [7, 11) is 0. The van der Waals surface area contributed by atoms with Gasteiger partial charge in [0.1, 0.15) is 11.9 Å². The second-order valence-corrected chi connectivity index (χ2v) is 5.97. The normalized spacial score (nSPS) is 19.0. The largest absolute Gasteiger partial charge is 0.444 e. The number of rotatable bonds is 2. The van der Waals surface area contributed by atoms with Crippen LogP contribution in [0.5, 0.6) is 0 Å². The number of hydrogen-bond acceptors (Lipinski definition) is 6. The van der Waals surface area contributed by atoms with Gasteiger partial charge < -0.3 is 15.0 Å². The standard InChI is InChI=1S/C12H18ClN5O2/c1-12(2,3)20-11(19)16-8-4-5-18(6-8)10-15-7-14-9(13)17-10/h7-8H,4-6H2,1-3H3,(H,16,19). The smallest absolute Gasteiger partial charge is 0.407 e. The summed E-state index contributed by atoms with van der Waals surface area (Å²) in [6.07, 6.45) is 1.78. The van der Waals surface area contributed by atoms with Gasteiger partial charge in [-0.2, -0.15) is 4.98 Å². The molecule has 1 aliphatic rings. The molecule has 1 fully saturated rings. The van der Waals surface area contributed by atoms with Crippen molar-refractivity contribution in [2.24, 2.45) is 0 Å². The molecule has 0 aliphatic carbocycles. The molecule has 0 aromatic carbocycles. The van der Waals surface area contributed by atoms with Gasteiger partial charge in [0.05, 0.1) is 6.04 Å². The number of ether oxygens (including phenoxy) is 1. The zero-order valence-corrected chi connectivity index (χ0v) is 12.5. The fourth-order valence-electron chi connectivity index (χ4n) is 1.95. The Labute approximate surface area is 122 Å². The minimum Gasteiger partial charge on any atom is -0.444 e. The molecule has 1 aromatic heterocycles. The summed E-state index contributed by atoms with van der Waals surface area (Å²) in [6.45, 7) is 6.88. The van der Waals surface area contributed by atoms with Gasteiger partial charge in [0.2, 0.25) is 11.2 Å². The van der Waals surface area contributed by atoms with E-state index in [2.05, 4.69) is 20.3 Å². The van der Waals surface area contributed by atoms with Crippen molar-refractivity contribution in [2.45, 2.75) is 38.8 Å². The van der Waals surface area contributed by atoms with E-state index in [9.17, 15) is 4.79 Å². The van der Waals surface area contributed by atoms with Crippen LogP contribution in [0.1, 0.15) is 27.2 Å². The molecule has 1 aliphatic heterocycles. The number of nitrogens with one attached hydrogen (secondary N) is 1. The molecule has 1 saturated heterocycles. The Kier molecular flexibility index (Phi) is 4.27. The van der Waals surface area contributed by atoms with Crippen LogP contribution in [0.25, 0.3) is 0 Å². The summed E-state index contributed by atoms with van der Waals surface area (Å²) < 4.78 is 5.23. The number of alkyl carbamates (subject to hydrolysis) is 1. The third-order valence-electron chi connectivity index (χ3n) is 2.72. The predicted octanol–water partition coefficient (Wildman–Crippen LogP) is 1.63. The molecule has 20 heavy (non-hydrogen) atoms. The molecule has 7 nitrogen and oxygen atoms in total. The molecule has 1 atom stereocenters. The van der Waals surface area contributed by atoms with Crippen LogP contribution >= 0.6 is 11.6 Å². The van der Waals surface area contributed by atoms with Crippen molar-refractivity contribution >= 4 is 23.6 Å². The van der Waals surface area contributed by atoms with Gasteiger partial charge in [-0.05, 0) is 38.8 Å². The number of carbonyl (C=O) groups excluding carboxylic acids is 1. The average Bonchev–Trinajstić information content (AvgIpc) is 2.74. The summed E-state index contributed by atoms with van der Waals surface area (Å²) in [5.74, 6) is 0.526. The first-order chi connectivity index (χ1) is 9.33. The SMILES string of the molecule is CC(C)(C)OC(=O)NC1CCN(c2ncnc(Cl)n2)C1. The van der Waals surface area contributed by atoms with Crippen LogP contribution in [0.4, 0.5) is 10.7 Å². The van der Waals surface area contributed by atoms with Gasteiger partial charge in [-0.25, -0.2) is 14.8 Å². The lowest BCUT2D eigenvalue weighted by atomic mass is 10.2. The molecular weight excluding hydrogens is 282 g/mol. The summed E-state index contributed by atoms with van der Waals surface area (Å²) in [6, 6.07) is 0.0143. The Morgan fingerprint density at radius 3 is 2.90 bits per heavy atom. The highest BCUT2D eigenvalue weighted by molar-refractivity contribution is 6.28. The van der Waals surface area contributed by atoms with E-state index in [1.807, 2.05) is 25.7 Å². The molecule has 0 saturated carbocycles. The number of carbonyl (C=O) groups is 1. The van der Waals surface area contributed by atoms with Crippen LogP contribution in [0.15, 0.2) is 6.33 Å². The molecule has 110 valence electrons. The van der Waals surface area contributed by atoms with E-state index in [0.29, 0.717) is 12.5 Å². The summed E-state index contributed by atoms with van der Waals surface area (Å²) >= 11 is 5.74. The minimum atomic E-state index is -0.496. The first kappa shape index (κ1) is 14.8. The van der Waals surface area contributed by atoms with Crippen molar-refractivity contribution in [2.75, 3.05) is 18.0 Å². The first-order valence-corrected chi connectivity index (χ1v) is 6.80. The maximum atomic E-state index is 11.7. The Morgan fingerprint density at radius 2 is 2.25 bits per heavy atom. The lowest BCUT2D eigenvalue weighted by Gasteiger charge is -2.22. The molecule has 0 spiro atoms. The highest BCUT2D eigenvalue weighted by atomic mass is 35.5. The Balaban J connectivity index is 1.88. The van der Waals surface area contributed by atoms with Gasteiger partial charge in [-0.3, -0.25) is 0 Å². The predicted molar refractivity (Wildman–Crippen MR) is 74.8 cm³/mol. The minimum absolute atomic E-state index is 0.0143. The second-order valence-electron chi connectivity index (χ2n) is 5.63. The van der Waals surface area contributed by atoms with Crippen LogP contribution in [0.3, 0.4) is 0 Å². The number of amides is 1. The molecule has 0 radical (unpaired) electrons. The van der Waals surface area contributed by atoms with E-state index < -0.39 is 11.7 Å². The highest BCUT2D eigenvalue weighted by Gasteiger charge is 2.27. The fraction of sp³-hybridized carbons (Fsp3) is 0.667. The van der Waals surface area contributed by atoms with Gasteiger partial charge in [0, 0.05) is 13.1 Å². The lowest BCUT2D eigenvalue weighted by Crippen LogP contribution is -2.40. The zero-order valence-electron chi connectivity index (χ0n) is 11.8. The molecule has 1 N–H and O–H groups in total. The van der Waals surface area contributed by atoms with Crippen molar-refractivity contribution < 1.29 is 9.53 Å². The summed E-state index contributed by atoms with van der Waals surface area (Å²) in [4.78, 5) is 25.5. The van der Waals surface area contributed by atoms with Crippen molar-refractivity contribution in [3.63, 3.8) is 0 Å². The maximum Gasteiger partial charge on any atom is 0.407 e. The number of hydrogen-bond donors (Lipinski definition) is 1. The van der Waals surface area contributed by atoms with E-state index >= 15 is 0 Å². The topological polar surface area (TPSA) is 80.2 Å². The fourth-order valence-corrected chi connectivity index (χ4v) is 2.07. The molecule has 8 heteroatoms. The molecular formula is C12H18ClN5O2. The maximum absolute atomic E-state index is 11.7. The number of aromatic nitrogens is 3. The average molecular weight is 300 g/mol. The molecule has 2 heterocycles. The van der Waals surface area contributed by atoms with Crippen LogP contribution in [0.2, 0.25) is 5.28 Å². The highest BCUT2D eigenvalue weighted by Crippen LogP contribution is 2.17. The molecule has 2 rings (SSSR count). The van der Waals surface area contributed by atoms with E-state index in [0.717, 1.165) is 13.0 Å². The Morgan fingerprint density at radius 1 is 1.50 bits per heavy atom. The van der Waals surface area contributed by atoms with Crippen molar-refractivity contribution in [1.82, 2.24) is 20.3 Å². The monoisotopic (exact) mass is 299 g/mol. The Hall–Kier alpha value is -1.63. The van der Waals surface area contributed by atoms with Gasteiger partial charge in [-0.1, -0.05) is 0 Å². The van der Waals surface area contributed by atoms with Gasteiger partial charge in [0.15, 0.2) is 0 Å². The van der Waals surface area contributed by atoms with Crippen molar-refractivity contribution in [3.8, 4) is 0 Å². The molecule has 1 unspecified atom stereocenters. The summed E-state index contributed by atoms with van der Waals surface area (Å²) in [5, 5.41) is 3.01. The van der Waals surface area contributed by atoms with Crippen LogP contribution < -0.4 is 10.2 Å². The first-order valence-electron chi connectivity index (χ1n) is 6.42. The molecule has 1 aromatic rings. The number of nitrogens with zero attached hydrogens (tertiary/aromatic N) is 4. The van der Waals surface area contributed by atoms with Crippen LogP contribution in [-0.2, 0) is 4.74 Å². The number of halogens is 1. The van der Waals surface area contributed by atoms with Gasteiger partial charge >= 0.3 is 6.09 Å². The molecule has 1 amide bonds. The van der Waals surface area contributed by atoms with Crippen molar-refractivity contribution in [1.29, 1.82) is 0 Å². The van der Waals surface area contributed by atoms with E-state index in [1.54, 1.807) is 0 Å². The van der Waals surface area contributed by atoms with Crippen LogP contribution in [-0.4, -0.2) is 45.8 Å². The van der Waals surface area contributed by atoms with Crippen LogP contribution in [0, 0.1) is 0 Å². The van der Waals surface area contributed by atoms with Gasteiger partial charge in [-0.15, -0.1) is 0 Å². The second kappa shape index (κ2) is 5.78. The van der Waals surface area contributed by atoms with E-state index in [1.165, 1.54) is 6.33 Å². The van der Waals surface area contributed by atoms with E-state index in [4.69, 9.17) is 16.3 Å². The summed E-state index contributed by atoms with van der Waals surface area (Å²) in [5.41, 5.74) is -0.496. The molecule has 0 bridgehead atoms. The quantitative estimate of drug-likeness (QED) is 0.894. The lowest BCUT2D eigenvalue weighted by molar-refractivity contribution is 0.0509. The number of anilines is 1. The van der Waals surface area contributed by atoms with Gasteiger partial charge in [0.25, 0.3) is 0 Å². The third kappa shape index (κ3) is 4.19. The van der Waals surface area contributed by atoms with E-state index in [-0.39, 0.29) is 11.3 Å². The van der Waals surface area contributed by atoms with Crippen molar-refractivity contribution in [3.05, 3.63) is 11.6 Å². The Bertz CT molecular complexity index is 491.